The highest BCUT2D eigenvalue weighted by molar-refractivity contribution is 5.77. The topological polar surface area (TPSA) is 40.5 Å². The Morgan fingerprint density at radius 2 is 2.19 bits per heavy atom. The molecule has 86 valence electrons. The predicted molar refractivity (Wildman–Crippen MR) is 64.1 cm³/mol. The summed E-state index contributed by atoms with van der Waals surface area (Å²) in [5.74, 6) is 0.207. The van der Waals surface area contributed by atoms with Gasteiger partial charge in [-0.3, -0.25) is 4.79 Å². The summed E-state index contributed by atoms with van der Waals surface area (Å²) in [5, 5.41) is 9.68. The molecular formula is C13H17NO2. The Balaban J connectivity index is 2.85. The van der Waals surface area contributed by atoms with Crippen molar-refractivity contribution in [3.05, 3.63) is 42.5 Å². The van der Waals surface area contributed by atoms with E-state index < -0.39 is 0 Å². The molecule has 0 radical (unpaired) electrons. The minimum atomic E-state index is -0.145. The third-order valence-electron chi connectivity index (χ3n) is 2.68. The van der Waals surface area contributed by atoms with Crippen LogP contribution < -0.4 is 0 Å². The number of amides is 1. The Kier molecular flexibility index (Phi) is 4.11. The average molecular weight is 219 g/mol. The maximum absolute atomic E-state index is 11.6. The van der Waals surface area contributed by atoms with E-state index in [2.05, 4.69) is 6.58 Å². The summed E-state index contributed by atoms with van der Waals surface area (Å²) in [6, 6.07) is 6.90. The Labute approximate surface area is 96.0 Å². The highest BCUT2D eigenvalue weighted by atomic mass is 16.3. The van der Waals surface area contributed by atoms with Crippen LogP contribution in [0.4, 0.5) is 0 Å². The number of para-hydroxylation sites is 1. The number of carbonyl (C=O) groups is 1. The Morgan fingerprint density at radius 1 is 1.56 bits per heavy atom. The number of rotatable bonds is 4. The number of hydrogen-bond donors (Lipinski definition) is 1. The molecule has 0 bridgehead atoms. The first-order valence-corrected chi connectivity index (χ1v) is 5.22. The first-order chi connectivity index (χ1) is 7.57. The molecule has 0 aliphatic heterocycles. The molecule has 1 N–H and O–H groups in total. The van der Waals surface area contributed by atoms with Crippen LogP contribution in [0.15, 0.2) is 36.9 Å². The van der Waals surface area contributed by atoms with Gasteiger partial charge < -0.3 is 10.0 Å². The van der Waals surface area contributed by atoms with Crippen molar-refractivity contribution in [3.8, 4) is 5.75 Å². The summed E-state index contributed by atoms with van der Waals surface area (Å²) >= 11 is 0. The van der Waals surface area contributed by atoms with Crippen molar-refractivity contribution in [2.75, 3.05) is 7.05 Å². The molecular weight excluding hydrogens is 202 g/mol. The molecule has 1 rings (SSSR count). The fraction of sp³-hybridized carbons (Fsp3) is 0.308. The van der Waals surface area contributed by atoms with Gasteiger partial charge in [-0.2, -0.15) is 0 Å². The van der Waals surface area contributed by atoms with Gasteiger partial charge in [0.05, 0.1) is 6.04 Å². The number of phenols is 1. The van der Waals surface area contributed by atoms with Gasteiger partial charge in [-0.1, -0.05) is 24.3 Å². The number of carbonyl (C=O) groups excluding carboxylic acids is 1. The quantitative estimate of drug-likeness (QED) is 0.790. The zero-order chi connectivity index (χ0) is 12.1. The highest BCUT2D eigenvalue weighted by Crippen LogP contribution is 2.27. The van der Waals surface area contributed by atoms with Crippen molar-refractivity contribution >= 4 is 5.91 Å². The minimum absolute atomic E-state index is 0.00856. The Bertz CT molecular complexity index is 387. The van der Waals surface area contributed by atoms with Crippen LogP contribution in [0.1, 0.15) is 24.9 Å². The lowest BCUT2D eigenvalue weighted by Gasteiger charge is -2.25. The van der Waals surface area contributed by atoms with E-state index in [-0.39, 0.29) is 17.7 Å². The van der Waals surface area contributed by atoms with E-state index >= 15 is 0 Å². The normalized spacial score (nSPS) is 11.9. The lowest BCUT2D eigenvalue weighted by atomic mass is 10.1. The van der Waals surface area contributed by atoms with E-state index in [9.17, 15) is 9.90 Å². The number of nitrogens with zero attached hydrogens (tertiary/aromatic N) is 1. The molecule has 1 unspecified atom stereocenters. The van der Waals surface area contributed by atoms with Crippen molar-refractivity contribution in [1.82, 2.24) is 4.90 Å². The van der Waals surface area contributed by atoms with Crippen LogP contribution in [0.2, 0.25) is 0 Å². The fourth-order valence-electron chi connectivity index (χ4n) is 1.53. The van der Waals surface area contributed by atoms with Crippen molar-refractivity contribution < 1.29 is 9.90 Å². The maximum Gasteiger partial charge on any atom is 0.226 e. The molecule has 1 aromatic carbocycles. The van der Waals surface area contributed by atoms with Crippen molar-refractivity contribution in [3.63, 3.8) is 0 Å². The van der Waals surface area contributed by atoms with Crippen LogP contribution in [0, 0.1) is 0 Å². The van der Waals surface area contributed by atoms with E-state index in [0.29, 0.717) is 6.42 Å². The lowest BCUT2D eigenvalue weighted by molar-refractivity contribution is -0.130. The molecule has 0 fully saturated rings. The summed E-state index contributed by atoms with van der Waals surface area (Å²) in [4.78, 5) is 13.3. The second kappa shape index (κ2) is 5.35. The summed E-state index contributed by atoms with van der Waals surface area (Å²) in [6.07, 6.45) is 1.89. The first kappa shape index (κ1) is 12.3. The zero-order valence-corrected chi connectivity index (χ0v) is 9.68. The van der Waals surface area contributed by atoms with Crippen LogP contribution in [0.3, 0.4) is 0 Å². The van der Waals surface area contributed by atoms with Gasteiger partial charge in [-0.15, -0.1) is 6.58 Å². The lowest BCUT2D eigenvalue weighted by Crippen LogP contribution is -2.29. The molecule has 1 amide bonds. The molecule has 3 heteroatoms. The summed E-state index contributed by atoms with van der Waals surface area (Å²) < 4.78 is 0. The monoisotopic (exact) mass is 219 g/mol. The summed E-state index contributed by atoms with van der Waals surface area (Å²) in [5.41, 5.74) is 0.752. The van der Waals surface area contributed by atoms with Gasteiger partial charge in [0, 0.05) is 19.0 Å². The maximum atomic E-state index is 11.6. The number of aromatic hydroxyl groups is 1. The van der Waals surface area contributed by atoms with E-state index in [4.69, 9.17) is 0 Å². The van der Waals surface area contributed by atoms with Crippen LogP contribution in [0.5, 0.6) is 5.75 Å². The minimum Gasteiger partial charge on any atom is -0.508 e. The summed E-state index contributed by atoms with van der Waals surface area (Å²) in [7, 11) is 1.73. The van der Waals surface area contributed by atoms with Crippen LogP contribution in [-0.4, -0.2) is 23.0 Å². The number of hydrogen-bond acceptors (Lipinski definition) is 2. The molecule has 0 heterocycles. The third-order valence-corrected chi connectivity index (χ3v) is 2.68. The van der Waals surface area contributed by atoms with E-state index in [1.54, 1.807) is 30.2 Å². The molecule has 0 saturated carbocycles. The average Bonchev–Trinajstić information content (AvgIpc) is 2.28. The molecule has 1 atom stereocenters. The highest BCUT2D eigenvalue weighted by Gasteiger charge is 2.18. The third kappa shape index (κ3) is 2.63. The second-order valence-corrected chi connectivity index (χ2v) is 3.73. The van der Waals surface area contributed by atoms with E-state index in [1.807, 2.05) is 19.1 Å². The van der Waals surface area contributed by atoms with Crippen LogP contribution in [0.25, 0.3) is 0 Å². The fourth-order valence-corrected chi connectivity index (χ4v) is 1.53. The Hall–Kier alpha value is -1.77. The van der Waals surface area contributed by atoms with Gasteiger partial charge in [0.2, 0.25) is 5.91 Å². The molecule has 1 aromatic rings. The zero-order valence-electron chi connectivity index (χ0n) is 9.68. The molecule has 3 nitrogen and oxygen atoms in total. The molecule has 0 aromatic heterocycles. The largest absolute Gasteiger partial charge is 0.508 e. The van der Waals surface area contributed by atoms with Gasteiger partial charge in [-0.25, -0.2) is 0 Å². The smallest absolute Gasteiger partial charge is 0.226 e. The van der Waals surface area contributed by atoms with Crippen LogP contribution in [-0.2, 0) is 4.79 Å². The van der Waals surface area contributed by atoms with E-state index in [0.717, 1.165) is 5.56 Å². The standard InChI is InChI=1S/C13H17NO2/c1-4-7-13(16)14(3)10(2)11-8-5-6-9-12(11)15/h4-6,8-10,15H,1,7H2,2-3H3. The molecule has 0 spiro atoms. The van der Waals surface area contributed by atoms with E-state index in [1.165, 1.54) is 0 Å². The molecule has 16 heavy (non-hydrogen) atoms. The SMILES string of the molecule is C=CCC(=O)N(C)C(C)c1ccccc1O. The molecule has 0 aliphatic carbocycles. The molecule has 0 saturated heterocycles. The van der Waals surface area contributed by atoms with Gasteiger partial charge in [0.15, 0.2) is 0 Å². The first-order valence-electron chi connectivity index (χ1n) is 5.22. The number of benzene rings is 1. The molecule has 0 aliphatic rings. The van der Waals surface area contributed by atoms with Crippen molar-refractivity contribution in [2.45, 2.75) is 19.4 Å². The van der Waals surface area contributed by atoms with Gasteiger partial charge in [-0.05, 0) is 13.0 Å². The van der Waals surface area contributed by atoms with Crippen LogP contribution >= 0.6 is 0 Å². The van der Waals surface area contributed by atoms with Gasteiger partial charge in [0.25, 0.3) is 0 Å². The van der Waals surface area contributed by atoms with Crippen molar-refractivity contribution in [1.29, 1.82) is 0 Å². The second-order valence-electron chi connectivity index (χ2n) is 3.73. The predicted octanol–water partition coefficient (Wildman–Crippen LogP) is 2.49. The Morgan fingerprint density at radius 3 is 2.75 bits per heavy atom. The van der Waals surface area contributed by atoms with Gasteiger partial charge >= 0.3 is 0 Å². The van der Waals surface area contributed by atoms with Crippen molar-refractivity contribution in [2.24, 2.45) is 0 Å². The number of phenolic OH excluding ortho intramolecular Hbond substituents is 1. The van der Waals surface area contributed by atoms with Gasteiger partial charge in [0.1, 0.15) is 5.75 Å². The summed E-state index contributed by atoms with van der Waals surface area (Å²) in [6.45, 7) is 5.42.